The Morgan fingerprint density at radius 1 is 1.62 bits per heavy atom. The van der Waals surface area contributed by atoms with Crippen molar-refractivity contribution in [3.63, 3.8) is 0 Å². The lowest BCUT2D eigenvalue weighted by atomic mass is 10.2. The van der Waals surface area contributed by atoms with E-state index in [0.29, 0.717) is 5.69 Å². The summed E-state index contributed by atoms with van der Waals surface area (Å²) in [5, 5.41) is 25.2. The first-order chi connectivity index (χ1) is 7.69. The van der Waals surface area contributed by atoms with Crippen LogP contribution in [-0.2, 0) is 0 Å². The van der Waals surface area contributed by atoms with E-state index < -0.39 is 4.92 Å². The van der Waals surface area contributed by atoms with Crippen molar-refractivity contribution >= 4 is 17.1 Å². The number of aliphatic hydroxyl groups excluding tert-OH is 1. The second kappa shape index (κ2) is 5.54. The number of azide groups is 1. The first-order valence-corrected chi connectivity index (χ1v) is 4.37. The molecule has 0 fully saturated rings. The average Bonchev–Trinajstić information content (AvgIpc) is 2.27. The van der Waals surface area contributed by atoms with Crippen molar-refractivity contribution < 1.29 is 10.0 Å². The molecule has 0 saturated carbocycles. The number of benzene rings is 1. The molecule has 16 heavy (non-hydrogen) atoms. The van der Waals surface area contributed by atoms with Crippen molar-refractivity contribution in [3.05, 3.63) is 38.8 Å². The highest BCUT2D eigenvalue weighted by Crippen LogP contribution is 2.29. The van der Waals surface area contributed by atoms with Crippen LogP contribution in [0.1, 0.15) is 0 Å². The second-order valence-corrected chi connectivity index (χ2v) is 2.80. The fourth-order valence-electron chi connectivity index (χ4n) is 1.10. The molecule has 0 saturated heterocycles. The van der Waals surface area contributed by atoms with E-state index in [2.05, 4.69) is 15.3 Å². The Bertz CT molecular complexity index is 441. The fourth-order valence-corrected chi connectivity index (χ4v) is 1.10. The van der Waals surface area contributed by atoms with Crippen molar-refractivity contribution in [2.75, 3.05) is 18.5 Å². The van der Waals surface area contributed by atoms with Crippen LogP contribution >= 0.6 is 0 Å². The summed E-state index contributed by atoms with van der Waals surface area (Å²) in [5.74, 6) is 0. The summed E-state index contributed by atoms with van der Waals surface area (Å²) in [6, 6.07) is 3.88. The summed E-state index contributed by atoms with van der Waals surface area (Å²) in [4.78, 5) is 12.5. The van der Waals surface area contributed by atoms with Gasteiger partial charge in [0.2, 0.25) is 0 Å². The van der Waals surface area contributed by atoms with Crippen LogP contribution < -0.4 is 5.32 Å². The topological polar surface area (TPSA) is 124 Å². The molecule has 0 heterocycles. The number of anilines is 1. The number of nitro groups is 1. The molecule has 1 rings (SSSR count). The van der Waals surface area contributed by atoms with Gasteiger partial charge in [0.25, 0.3) is 5.69 Å². The zero-order chi connectivity index (χ0) is 12.0. The minimum Gasteiger partial charge on any atom is -0.395 e. The summed E-state index contributed by atoms with van der Waals surface area (Å²) < 4.78 is 0. The molecule has 0 atom stereocenters. The summed E-state index contributed by atoms with van der Waals surface area (Å²) in [6.45, 7) is 0.179. The highest BCUT2D eigenvalue weighted by Gasteiger charge is 2.09. The summed E-state index contributed by atoms with van der Waals surface area (Å²) in [5.41, 5.74) is 8.73. The van der Waals surface area contributed by atoms with Gasteiger partial charge in [-0.05, 0) is 11.6 Å². The summed E-state index contributed by atoms with van der Waals surface area (Å²) in [7, 11) is 0. The van der Waals surface area contributed by atoms with Gasteiger partial charge < -0.3 is 10.4 Å². The highest BCUT2D eigenvalue weighted by atomic mass is 16.6. The van der Waals surface area contributed by atoms with E-state index in [0.717, 1.165) is 0 Å². The minimum atomic E-state index is -0.577. The predicted molar refractivity (Wildman–Crippen MR) is 57.5 cm³/mol. The summed E-state index contributed by atoms with van der Waals surface area (Å²) in [6.07, 6.45) is 0. The molecule has 8 nitrogen and oxygen atoms in total. The molecule has 0 aromatic heterocycles. The number of nitrogens with one attached hydrogen (secondary N) is 1. The molecule has 0 aliphatic heterocycles. The van der Waals surface area contributed by atoms with Gasteiger partial charge >= 0.3 is 0 Å². The minimum absolute atomic E-state index is 0.0906. The van der Waals surface area contributed by atoms with Crippen LogP contribution in [0.15, 0.2) is 23.3 Å². The molecule has 84 valence electrons. The Balaban J connectivity index is 3.08. The summed E-state index contributed by atoms with van der Waals surface area (Å²) >= 11 is 0. The zero-order valence-electron chi connectivity index (χ0n) is 8.20. The van der Waals surface area contributed by atoms with E-state index in [1.807, 2.05) is 0 Å². The normalized spacial score (nSPS) is 9.31. The Labute approximate surface area is 90.3 Å². The molecule has 0 bridgehead atoms. The molecule has 0 aliphatic rings. The van der Waals surface area contributed by atoms with Crippen LogP contribution in [0.4, 0.5) is 17.1 Å². The third-order valence-electron chi connectivity index (χ3n) is 1.77. The van der Waals surface area contributed by atoms with E-state index in [4.69, 9.17) is 10.6 Å². The quantitative estimate of drug-likeness (QED) is 0.260. The van der Waals surface area contributed by atoms with Crippen LogP contribution in [0.2, 0.25) is 0 Å². The number of non-ortho nitro benzene ring substituents is 1. The number of aliphatic hydroxyl groups is 1. The number of hydrogen-bond donors (Lipinski definition) is 2. The molecular formula is C8H9N5O3. The predicted octanol–water partition coefficient (Wildman–Crippen LogP) is 1.94. The molecule has 0 unspecified atom stereocenters. The maximum atomic E-state index is 10.5. The lowest BCUT2D eigenvalue weighted by molar-refractivity contribution is -0.384. The first kappa shape index (κ1) is 11.8. The van der Waals surface area contributed by atoms with Gasteiger partial charge in [-0.3, -0.25) is 10.1 Å². The standard InChI is InChI=1S/C8H9N5O3/c9-12-11-8-5-6(13(15)16)1-2-7(8)10-3-4-14/h1-2,5,10,14H,3-4H2. The van der Waals surface area contributed by atoms with Gasteiger partial charge in [0.15, 0.2) is 0 Å². The van der Waals surface area contributed by atoms with Crippen LogP contribution in [0, 0.1) is 10.1 Å². The van der Waals surface area contributed by atoms with Crippen molar-refractivity contribution in [3.8, 4) is 0 Å². The molecule has 0 radical (unpaired) electrons. The van der Waals surface area contributed by atoms with Gasteiger partial charge in [-0.15, -0.1) is 0 Å². The third kappa shape index (κ3) is 2.84. The monoisotopic (exact) mass is 223 g/mol. The third-order valence-corrected chi connectivity index (χ3v) is 1.77. The molecule has 0 spiro atoms. The Hall–Kier alpha value is -2.31. The van der Waals surface area contributed by atoms with E-state index in [1.54, 1.807) is 0 Å². The van der Waals surface area contributed by atoms with Crippen LogP contribution in [0.3, 0.4) is 0 Å². The van der Waals surface area contributed by atoms with Gasteiger partial charge in [0.1, 0.15) is 0 Å². The Morgan fingerprint density at radius 2 is 2.38 bits per heavy atom. The van der Waals surface area contributed by atoms with Crippen LogP contribution in [0.25, 0.3) is 10.4 Å². The number of hydrogen-bond acceptors (Lipinski definition) is 5. The fraction of sp³-hybridized carbons (Fsp3) is 0.250. The first-order valence-electron chi connectivity index (χ1n) is 4.37. The van der Waals surface area contributed by atoms with Crippen LogP contribution in [0.5, 0.6) is 0 Å². The van der Waals surface area contributed by atoms with Gasteiger partial charge in [0.05, 0.1) is 17.2 Å². The number of rotatable bonds is 5. The molecular weight excluding hydrogens is 214 g/mol. The van der Waals surface area contributed by atoms with E-state index in [9.17, 15) is 10.1 Å². The SMILES string of the molecule is [N-]=[N+]=Nc1cc([N+](=O)[O-])ccc1NCCO. The number of nitrogens with zero attached hydrogens (tertiary/aromatic N) is 4. The molecule has 1 aromatic carbocycles. The maximum absolute atomic E-state index is 10.5. The molecule has 0 aliphatic carbocycles. The van der Waals surface area contributed by atoms with E-state index >= 15 is 0 Å². The zero-order valence-corrected chi connectivity index (χ0v) is 8.20. The van der Waals surface area contributed by atoms with Gasteiger partial charge in [-0.25, -0.2) is 0 Å². The molecule has 0 amide bonds. The highest BCUT2D eigenvalue weighted by molar-refractivity contribution is 5.68. The van der Waals surface area contributed by atoms with Crippen LogP contribution in [-0.4, -0.2) is 23.2 Å². The second-order valence-electron chi connectivity index (χ2n) is 2.80. The van der Waals surface area contributed by atoms with Crippen molar-refractivity contribution in [1.29, 1.82) is 0 Å². The lowest BCUT2D eigenvalue weighted by Crippen LogP contribution is -2.05. The maximum Gasteiger partial charge on any atom is 0.270 e. The van der Waals surface area contributed by atoms with E-state index in [1.165, 1.54) is 18.2 Å². The van der Waals surface area contributed by atoms with Crippen molar-refractivity contribution in [2.45, 2.75) is 0 Å². The largest absolute Gasteiger partial charge is 0.395 e. The lowest BCUT2D eigenvalue weighted by Gasteiger charge is -2.06. The van der Waals surface area contributed by atoms with Gasteiger partial charge in [-0.2, -0.15) is 0 Å². The number of nitro benzene ring substituents is 1. The van der Waals surface area contributed by atoms with Crippen molar-refractivity contribution in [1.82, 2.24) is 0 Å². The Morgan fingerprint density at radius 3 is 2.94 bits per heavy atom. The molecule has 1 aromatic rings. The Kier molecular flexibility index (Phi) is 4.07. The van der Waals surface area contributed by atoms with Crippen molar-refractivity contribution in [2.24, 2.45) is 5.11 Å². The van der Waals surface area contributed by atoms with Gasteiger partial charge in [-0.1, -0.05) is 5.11 Å². The molecule has 8 heteroatoms. The smallest absolute Gasteiger partial charge is 0.270 e. The van der Waals surface area contributed by atoms with E-state index in [-0.39, 0.29) is 24.5 Å². The average molecular weight is 223 g/mol. The molecule has 2 N–H and O–H groups in total. The van der Waals surface area contributed by atoms with Gasteiger partial charge in [0, 0.05) is 29.3 Å².